The van der Waals surface area contributed by atoms with Crippen LogP contribution in [0.25, 0.3) is 0 Å². The van der Waals surface area contributed by atoms with Crippen LogP contribution in [0.2, 0.25) is 0 Å². The molecule has 1 amide bonds. The van der Waals surface area contributed by atoms with Gasteiger partial charge in [-0.1, -0.05) is 31.5 Å². The summed E-state index contributed by atoms with van der Waals surface area (Å²) in [6.45, 7) is 9.69. The Morgan fingerprint density at radius 2 is 1.88 bits per heavy atom. The molecule has 1 N–H and O–H groups in total. The van der Waals surface area contributed by atoms with E-state index in [1.165, 1.54) is 10.5 Å². The average molecular weight is 372 g/mol. The van der Waals surface area contributed by atoms with Gasteiger partial charge in [-0.05, 0) is 56.5 Å². The maximum atomic E-state index is 12.4. The molecule has 0 atom stereocenters. The topological polar surface area (TPSA) is 38.3 Å². The Bertz CT molecular complexity index is 711. The lowest BCUT2D eigenvalue weighted by Gasteiger charge is -2.13. The average Bonchev–Trinajstić information content (AvgIpc) is 2.62. The monoisotopic (exact) mass is 371 g/mol. The van der Waals surface area contributed by atoms with E-state index in [0.29, 0.717) is 24.6 Å². The molecule has 0 spiro atoms. The smallest absolute Gasteiger partial charge is 0.251 e. The highest BCUT2D eigenvalue weighted by Gasteiger charge is 2.11. The van der Waals surface area contributed by atoms with Crippen LogP contribution < -0.4 is 10.1 Å². The summed E-state index contributed by atoms with van der Waals surface area (Å²) < 4.78 is 5.75. The van der Waals surface area contributed by atoms with Gasteiger partial charge < -0.3 is 10.1 Å². The highest BCUT2D eigenvalue weighted by Crippen LogP contribution is 2.29. The summed E-state index contributed by atoms with van der Waals surface area (Å²) in [5.74, 6) is 2.18. The highest BCUT2D eigenvalue weighted by atomic mass is 32.2. The van der Waals surface area contributed by atoms with Crippen LogP contribution >= 0.6 is 11.8 Å². The summed E-state index contributed by atoms with van der Waals surface area (Å²) in [5.41, 5.74) is 3.00. The quantitative estimate of drug-likeness (QED) is 0.595. The van der Waals surface area contributed by atoms with Gasteiger partial charge in [0.1, 0.15) is 5.75 Å². The fourth-order valence-electron chi connectivity index (χ4n) is 2.50. The van der Waals surface area contributed by atoms with Gasteiger partial charge in [0.05, 0.1) is 6.61 Å². The second-order valence-electron chi connectivity index (χ2n) is 6.80. The van der Waals surface area contributed by atoms with Crippen molar-refractivity contribution < 1.29 is 9.53 Å². The summed E-state index contributed by atoms with van der Waals surface area (Å²) in [4.78, 5) is 13.6. The number of amides is 1. The van der Waals surface area contributed by atoms with E-state index >= 15 is 0 Å². The minimum Gasteiger partial charge on any atom is -0.494 e. The lowest BCUT2D eigenvalue weighted by Crippen LogP contribution is -2.25. The first-order valence-electron chi connectivity index (χ1n) is 9.23. The first-order chi connectivity index (χ1) is 12.5. The third kappa shape index (κ3) is 6.41. The van der Waals surface area contributed by atoms with E-state index < -0.39 is 0 Å². The first-order valence-corrected chi connectivity index (χ1v) is 10.2. The Kier molecular flexibility index (Phi) is 8.05. The largest absolute Gasteiger partial charge is 0.494 e. The van der Waals surface area contributed by atoms with Crippen molar-refractivity contribution in [3.05, 3.63) is 59.2 Å². The minimum absolute atomic E-state index is 0.0183. The number of carbonyl (C=O) groups is 1. The summed E-state index contributed by atoms with van der Waals surface area (Å²) in [6.07, 6.45) is 0.985. The Hall–Kier alpha value is -1.94. The maximum Gasteiger partial charge on any atom is 0.251 e. The van der Waals surface area contributed by atoms with Crippen LogP contribution in [0.4, 0.5) is 0 Å². The Morgan fingerprint density at radius 3 is 2.54 bits per heavy atom. The number of aryl methyl sites for hydroxylation is 1. The lowest BCUT2D eigenvalue weighted by atomic mass is 10.1. The highest BCUT2D eigenvalue weighted by molar-refractivity contribution is 7.98. The van der Waals surface area contributed by atoms with Gasteiger partial charge >= 0.3 is 0 Å². The van der Waals surface area contributed by atoms with Crippen LogP contribution in [0, 0.1) is 12.8 Å². The van der Waals surface area contributed by atoms with E-state index in [9.17, 15) is 4.79 Å². The number of hydrogen-bond acceptors (Lipinski definition) is 3. The van der Waals surface area contributed by atoms with Gasteiger partial charge in [0.15, 0.2) is 0 Å². The predicted octanol–water partition coefficient (Wildman–Crippen LogP) is 5.46. The Labute approximate surface area is 161 Å². The van der Waals surface area contributed by atoms with E-state index in [4.69, 9.17) is 4.74 Å². The van der Waals surface area contributed by atoms with Crippen LogP contribution in [0.1, 0.15) is 48.7 Å². The molecule has 2 rings (SSSR count). The molecule has 140 valence electrons. The van der Waals surface area contributed by atoms with Gasteiger partial charge in [-0.25, -0.2) is 0 Å². The maximum absolute atomic E-state index is 12.4. The van der Waals surface area contributed by atoms with Crippen LogP contribution in [-0.4, -0.2) is 19.1 Å². The molecule has 0 bridgehead atoms. The molecule has 0 saturated heterocycles. The van der Waals surface area contributed by atoms with Gasteiger partial charge in [0.2, 0.25) is 0 Å². The zero-order chi connectivity index (χ0) is 18.9. The SMILES string of the molecule is CCOc1ccc(C(=O)NCCC(C)C)cc1CSc1ccc(C)cc1. The lowest BCUT2D eigenvalue weighted by molar-refractivity contribution is 0.0952. The summed E-state index contributed by atoms with van der Waals surface area (Å²) in [7, 11) is 0. The molecule has 0 unspecified atom stereocenters. The van der Waals surface area contributed by atoms with Crippen LogP contribution in [0.15, 0.2) is 47.4 Å². The Morgan fingerprint density at radius 1 is 1.15 bits per heavy atom. The molecule has 0 aromatic heterocycles. The van der Waals surface area contributed by atoms with Crippen molar-refractivity contribution in [2.24, 2.45) is 5.92 Å². The molecule has 0 radical (unpaired) electrons. The zero-order valence-electron chi connectivity index (χ0n) is 16.2. The van der Waals surface area contributed by atoms with Crippen molar-refractivity contribution in [1.29, 1.82) is 0 Å². The van der Waals surface area contributed by atoms with E-state index in [2.05, 4.69) is 50.4 Å². The third-order valence-corrected chi connectivity index (χ3v) is 5.11. The summed E-state index contributed by atoms with van der Waals surface area (Å²) >= 11 is 1.75. The fourth-order valence-corrected chi connectivity index (χ4v) is 3.38. The zero-order valence-corrected chi connectivity index (χ0v) is 17.0. The number of thioether (sulfide) groups is 1. The molecule has 0 saturated carbocycles. The molecule has 2 aromatic carbocycles. The number of ether oxygens (including phenoxy) is 1. The van der Waals surface area contributed by atoms with E-state index in [-0.39, 0.29) is 5.91 Å². The van der Waals surface area contributed by atoms with Crippen molar-refractivity contribution in [2.45, 2.75) is 44.8 Å². The first kappa shape index (κ1) is 20.4. The predicted molar refractivity (Wildman–Crippen MR) is 110 cm³/mol. The van der Waals surface area contributed by atoms with Gasteiger partial charge in [-0.2, -0.15) is 0 Å². The minimum atomic E-state index is -0.0183. The standard InChI is InChI=1S/C22H29NO2S/c1-5-25-21-11-8-18(22(24)23-13-12-16(2)3)14-19(21)15-26-20-9-6-17(4)7-10-20/h6-11,14,16H,5,12-13,15H2,1-4H3,(H,23,24). The molecule has 0 aliphatic carbocycles. The van der Waals surface area contributed by atoms with Crippen LogP contribution in [0.3, 0.4) is 0 Å². The van der Waals surface area contributed by atoms with Crippen LogP contribution in [-0.2, 0) is 5.75 Å². The van der Waals surface area contributed by atoms with Gasteiger partial charge in [0.25, 0.3) is 5.91 Å². The van der Waals surface area contributed by atoms with E-state index in [0.717, 1.165) is 23.5 Å². The van der Waals surface area contributed by atoms with Crippen molar-refractivity contribution in [2.75, 3.05) is 13.2 Å². The molecule has 4 heteroatoms. The molecular weight excluding hydrogens is 342 g/mol. The normalized spacial score (nSPS) is 10.8. The molecule has 0 fully saturated rings. The van der Waals surface area contributed by atoms with Crippen molar-refractivity contribution in [3.63, 3.8) is 0 Å². The van der Waals surface area contributed by atoms with Gasteiger partial charge in [-0.15, -0.1) is 11.8 Å². The van der Waals surface area contributed by atoms with Crippen molar-refractivity contribution in [1.82, 2.24) is 5.32 Å². The molecule has 3 nitrogen and oxygen atoms in total. The number of benzene rings is 2. The van der Waals surface area contributed by atoms with E-state index in [1.807, 2.05) is 25.1 Å². The molecule has 0 aliphatic heterocycles. The summed E-state index contributed by atoms with van der Waals surface area (Å²) in [6, 6.07) is 14.2. The third-order valence-electron chi connectivity index (χ3n) is 4.05. The number of nitrogens with one attached hydrogen (secondary N) is 1. The van der Waals surface area contributed by atoms with Gasteiger partial charge in [0, 0.05) is 28.3 Å². The molecule has 0 aliphatic rings. The second kappa shape index (κ2) is 10.3. The van der Waals surface area contributed by atoms with Crippen molar-refractivity contribution in [3.8, 4) is 5.75 Å². The van der Waals surface area contributed by atoms with Gasteiger partial charge in [-0.3, -0.25) is 4.79 Å². The molecule has 26 heavy (non-hydrogen) atoms. The fraction of sp³-hybridized carbons (Fsp3) is 0.409. The van der Waals surface area contributed by atoms with Crippen LogP contribution in [0.5, 0.6) is 5.75 Å². The second-order valence-corrected chi connectivity index (χ2v) is 7.84. The molecule has 0 heterocycles. The number of hydrogen-bond donors (Lipinski definition) is 1. The summed E-state index contributed by atoms with van der Waals surface area (Å²) in [5, 5.41) is 3.00. The van der Waals surface area contributed by atoms with E-state index in [1.54, 1.807) is 11.8 Å². The Balaban J connectivity index is 2.08. The number of carbonyl (C=O) groups excluding carboxylic acids is 1. The molecular formula is C22H29NO2S. The molecule has 2 aromatic rings. The van der Waals surface area contributed by atoms with Crippen molar-refractivity contribution >= 4 is 17.7 Å². The number of rotatable bonds is 9.